The molecule has 1 aromatic carbocycles. The molecule has 0 saturated carbocycles. The zero-order valence-electron chi connectivity index (χ0n) is 10.6. The Bertz CT molecular complexity index is 596. The molecule has 20 heavy (non-hydrogen) atoms. The third-order valence-electron chi connectivity index (χ3n) is 2.51. The fourth-order valence-corrected chi connectivity index (χ4v) is 1.75. The number of carbonyl (C=O) groups is 2. The number of hydrogen-bond donors (Lipinski definition) is 2. The van der Waals surface area contributed by atoms with Gasteiger partial charge >= 0.3 is 0 Å². The summed E-state index contributed by atoms with van der Waals surface area (Å²) < 4.78 is 5.07. The van der Waals surface area contributed by atoms with Gasteiger partial charge in [-0.2, -0.15) is 0 Å². The zero-order valence-corrected chi connectivity index (χ0v) is 11.3. The molecule has 0 aliphatic rings. The minimum absolute atomic E-state index is 0.255. The van der Waals surface area contributed by atoms with E-state index in [0.717, 1.165) is 0 Å². The predicted octanol–water partition coefficient (Wildman–Crippen LogP) is 2.58. The second-order valence-electron chi connectivity index (χ2n) is 4.06. The lowest BCUT2D eigenvalue weighted by Crippen LogP contribution is -2.27. The molecule has 0 aliphatic carbocycles. The van der Waals surface area contributed by atoms with Gasteiger partial charge in [0, 0.05) is 0 Å². The molecule has 0 atom stereocenters. The Balaban J connectivity index is 1.79. The summed E-state index contributed by atoms with van der Waals surface area (Å²) in [4.78, 5) is 23.3. The van der Waals surface area contributed by atoms with Gasteiger partial charge in [0.1, 0.15) is 12.2 Å². The number of anilines is 1. The van der Waals surface area contributed by atoms with Crippen LogP contribution in [0.1, 0.15) is 12.2 Å². The minimum atomic E-state index is -0.421. The number of nitrogens with one attached hydrogen (secondary N) is 2. The molecule has 0 fully saturated rings. The maximum atomic E-state index is 11.7. The summed E-state index contributed by atoms with van der Waals surface area (Å²) in [5.41, 5.74) is 0.484. The van der Waals surface area contributed by atoms with Gasteiger partial charge in [-0.1, -0.05) is 23.7 Å². The van der Waals surface area contributed by atoms with E-state index in [1.54, 1.807) is 36.4 Å². The lowest BCUT2D eigenvalue weighted by molar-refractivity contribution is -0.127. The van der Waals surface area contributed by atoms with Crippen LogP contribution in [0.3, 0.4) is 0 Å². The Morgan fingerprint density at radius 1 is 1.10 bits per heavy atom. The first-order chi connectivity index (χ1) is 9.65. The smallest absolute Gasteiger partial charge is 0.233 e. The predicted molar refractivity (Wildman–Crippen MR) is 75.3 cm³/mol. The van der Waals surface area contributed by atoms with E-state index >= 15 is 0 Å². The van der Waals surface area contributed by atoms with Crippen LogP contribution in [-0.4, -0.2) is 11.8 Å². The van der Waals surface area contributed by atoms with E-state index < -0.39 is 5.91 Å². The number of para-hydroxylation sites is 1. The highest BCUT2D eigenvalue weighted by Crippen LogP contribution is 2.20. The van der Waals surface area contributed by atoms with Crippen LogP contribution in [0.25, 0.3) is 0 Å². The maximum absolute atomic E-state index is 11.7. The van der Waals surface area contributed by atoms with Gasteiger partial charge in [-0.3, -0.25) is 9.59 Å². The molecular formula is C14H13ClN2O3. The second kappa shape index (κ2) is 6.77. The van der Waals surface area contributed by atoms with Crippen LogP contribution in [0, 0.1) is 0 Å². The summed E-state index contributed by atoms with van der Waals surface area (Å²) >= 11 is 5.91. The number of hydrogen-bond acceptors (Lipinski definition) is 3. The molecule has 2 aromatic rings. The maximum Gasteiger partial charge on any atom is 0.233 e. The van der Waals surface area contributed by atoms with Crippen molar-refractivity contribution in [3.05, 3.63) is 53.4 Å². The normalized spacial score (nSPS) is 10.1. The van der Waals surface area contributed by atoms with Gasteiger partial charge in [0.2, 0.25) is 11.8 Å². The summed E-state index contributed by atoms with van der Waals surface area (Å²) in [5.74, 6) is -0.175. The number of carbonyl (C=O) groups excluding carboxylic acids is 2. The molecule has 1 aromatic heterocycles. The summed E-state index contributed by atoms with van der Waals surface area (Å²) in [7, 11) is 0. The van der Waals surface area contributed by atoms with Gasteiger partial charge in [0.05, 0.1) is 23.5 Å². The van der Waals surface area contributed by atoms with Gasteiger partial charge in [-0.15, -0.1) is 0 Å². The van der Waals surface area contributed by atoms with Gasteiger partial charge in [0.15, 0.2) is 0 Å². The van der Waals surface area contributed by atoms with Crippen molar-refractivity contribution >= 4 is 29.1 Å². The molecule has 2 rings (SSSR count). The lowest BCUT2D eigenvalue weighted by atomic mass is 10.3. The van der Waals surface area contributed by atoms with Crippen LogP contribution in [0.2, 0.25) is 5.02 Å². The number of amides is 2. The van der Waals surface area contributed by atoms with Gasteiger partial charge < -0.3 is 15.1 Å². The van der Waals surface area contributed by atoms with Gasteiger partial charge in [-0.05, 0) is 24.3 Å². The third-order valence-corrected chi connectivity index (χ3v) is 2.84. The van der Waals surface area contributed by atoms with Crippen LogP contribution >= 0.6 is 11.6 Å². The van der Waals surface area contributed by atoms with Crippen molar-refractivity contribution < 1.29 is 14.0 Å². The molecule has 2 N–H and O–H groups in total. The first kappa shape index (κ1) is 14.1. The van der Waals surface area contributed by atoms with Crippen molar-refractivity contribution in [3.63, 3.8) is 0 Å². The van der Waals surface area contributed by atoms with Crippen molar-refractivity contribution in [1.29, 1.82) is 0 Å². The SMILES string of the molecule is O=C(CC(=O)Nc1ccccc1Cl)NCc1ccco1. The molecular weight excluding hydrogens is 280 g/mol. The van der Waals surface area contributed by atoms with Crippen LogP contribution in [0.5, 0.6) is 0 Å². The highest BCUT2D eigenvalue weighted by atomic mass is 35.5. The Hall–Kier alpha value is -2.27. The number of benzene rings is 1. The van der Waals surface area contributed by atoms with Crippen LogP contribution in [-0.2, 0) is 16.1 Å². The zero-order chi connectivity index (χ0) is 14.4. The molecule has 104 valence electrons. The summed E-state index contributed by atoms with van der Waals surface area (Å²) in [6.07, 6.45) is 1.25. The highest BCUT2D eigenvalue weighted by Gasteiger charge is 2.11. The van der Waals surface area contributed by atoms with E-state index in [1.165, 1.54) is 6.26 Å². The Morgan fingerprint density at radius 3 is 2.60 bits per heavy atom. The Morgan fingerprint density at radius 2 is 1.90 bits per heavy atom. The first-order valence-corrected chi connectivity index (χ1v) is 6.36. The van der Waals surface area contributed by atoms with Crippen molar-refractivity contribution in [3.8, 4) is 0 Å². The highest BCUT2D eigenvalue weighted by molar-refractivity contribution is 6.33. The summed E-state index contributed by atoms with van der Waals surface area (Å²) in [6.45, 7) is 0.255. The monoisotopic (exact) mass is 292 g/mol. The van der Waals surface area contributed by atoms with E-state index in [-0.39, 0.29) is 18.9 Å². The molecule has 0 saturated heterocycles. The molecule has 2 amide bonds. The average molecular weight is 293 g/mol. The second-order valence-corrected chi connectivity index (χ2v) is 4.47. The Kier molecular flexibility index (Phi) is 4.79. The first-order valence-electron chi connectivity index (χ1n) is 5.98. The molecule has 5 nitrogen and oxygen atoms in total. The van der Waals surface area contributed by atoms with Crippen LogP contribution in [0.4, 0.5) is 5.69 Å². The van der Waals surface area contributed by atoms with E-state index in [9.17, 15) is 9.59 Å². The fourth-order valence-electron chi connectivity index (χ4n) is 1.56. The third kappa shape index (κ3) is 4.13. The minimum Gasteiger partial charge on any atom is -0.467 e. The molecule has 6 heteroatoms. The van der Waals surface area contributed by atoms with E-state index in [0.29, 0.717) is 16.5 Å². The topological polar surface area (TPSA) is 71.3 Å². The average Bonchev–Trinajstić information content (AvgIpc) is 2.92. The number of halogens is 1. The van der Waals surface area contributed by atoms with Crippen molar-refractivity contribution in [1.82, 2.24) is 5.32 Å². The molecule has 0 spiro atoms. The number of furan rings is 1. The van der Waals surface area contributed by atoms with Crippen molar-refractivity contribution in [2.24, 2.45) is 0 Å². The van der Waals surface area contributed by atoms with Crippen molar-refractivity contribution in [2.75, 3.05) is 5.32 Å². The molecule has 1 heterocycles. The van der Waals surface area contributed by atoms with Gasteiger partial charge in [-0.25, -0.2) is 0 Å². The lowest BCUT2D eigenvalue weighted by Gasteiger charge is -2.07. The van der Waals surface area contributed by atoms with E-state index in [2.05, 4.69) is 10.6 Å². The van der Waals surface area contributed by atoms with Crippen LogP contribution < -0.4 is 10.6 Å². The standard InChI is InChI=1S/C14H13ClN2O3/c15-11-5-1-2-6-12(11)17-14(19)8-13(18)16-9-10-4-3-7-20-10/h1-7H,8-9H2,(H,16,18)(H,17,19). The number of rotatable bonds is 5. The molecule has 0 unspecified atom stereocenters. The van der Waals surface area contributed by atoms with E-state index in [1.807, 2.05) is 0 Å². The van der Waals surface area contributed by atoms with E-state index in [4.69, 9.17) is 16.0 Å². The Labute approximate surface area is 120 Å². The summed E-state index contributed by atoms with van der Waals surface area (Å²) in [5, 5.41) is 5.60. The molecule has 0 aliphatic heterocycles. The molecule has 0 bridgehead atoms. The van der Waals surface area contributed by atoms with Gasteiger partial charge in [0.25, 0.3) is 0 Å². The van der Waals surface area contributed by atoms with Crippen molar-refractivity contribution in [2.45, 2.75) is 13.0 Å². The van der Waals surface area contributed by atoms with Crippen LogP contribution in [0.15, 0.2) is 47.1 Å². The quantitative estimate of drug-likeness (QED) is 0.832. The molecule has 0 radical (unpaired) electrons. The largest absolute Gasteiger partial charge is 0.467 e. The fraction of sp³-hybridized carbons (Fsp3) is 0.143. The summed E-state index contributed by atoms with van der Waals surface area (Å²) in [6, 6.07) is 10.3.